The molecule has 7 nitrogen and oxygen atoms in total. The minimum atomic E-state index is -0.755. The molecule has 1 saturated heterocycles. The molecule has 25 heavy (non-hydrogen) atoms. The number of hydrogen-bond donors (Lipinski definition) is 1. The predicted octanol–water partition coefficient (Wildman–Crippen LogP) is 1.83. The minimum Gasteiger partial charge on any atom is -0.493 e. The summed E-state index contributed by atoms with van der Waals surface area (Å²) < 4.78 is 11.5. The van der Waals surface area contributed by atoms with Crippen LogP contribution in [0.5, 0.6) is 11.5 Å². The van der Waals surface area contributed by atoms with Crippen LogP contribution in [-0.2, 0) is 9.59 Å². The summed E-state index contributed by atoms with van der Waals surface area (Å²) in [4.78, 5) is 36.0. The summed E-state index contributed by atoms with van der Waals surface area (Å²) >= 11 is 2.80. The highest BCUT2D eigenvalue weighted by atomic mass is 127. The normalized spacial score (nSPS) is 15.4. The Bertz CT molecular complexity index is 815. The molecule has 1 aromatic rings. The zero-order valence-corrected chi connectivity index (χ0v) is 16.0. The molecule has 0 aromatic heterocycles. The maximum atomic E-state index is 12.2. The number of halogens is 1. The van der Waals surface area contributed by atoms with Crippen molar-refractivity contribution in [1.29, 1.82) is 0 Å². The van der Waals surface area contributed by atoms with Crippen molar-refractivity contribution >= 4 is 57.5 Å². The van der Waals surface area contributed by atoms with E-state index in [0.29, 0.717) is 17.1 Å². The molecule has 0 spiro atoms. The van der Waals surface area contributed by atoms with Crippen LogP contribution in [0.15, 0.2) is 17.0 Å². The van der Waals surface area contributed by atoms with Crippen molar-refractivity contribution in [3.05, 3.63) is 26.2 Å². The van der Waals surface area contributed by atoms with Crippen LogP contribution in [0, 0.1) is 15.9 Å². The molecule has 0 aliphatic carbocycles. The highest BCUT2D eigenvalue weighted by molar-refractivity contribution is 14.1. The van der Waals surface area contributed by atoms with Crippen molar-refractivity contribution in [2.75, 3.05) is 20.3 Å². The Hall–Kier alpha value is -2.19. The lowest BCUT2D eigenvalue weighted by Crippen LogP contribution is -2.36. The number of benzene rings is 1. The molecule has 0 atom stereocenters. The molecule has 1 aromatic carbocycles. The van der Waals surface area contributed by atoms with Gasteiger partial charge in [0, 0.05) is 0 Å². The van der Waals surface area contributed by atoms with Gasteiger partial charge in [-0.2, -0.15) is 0 Å². The van der Waals surface area contributed by atoms with Gasteiger partial charge in [-0.1, -0.05) is 5.92 Å². The molecule has 2 rings (SSSR count). The van der Waals surface area contributed by atoms with Crippen molar-refractivity contribution in [3.63, 3.8) is 0 Å². The molecular formula is C16H13IN2O5S. The van der Waals surface area contributed by atoms with Gasteiger partial charge in [-0.25, -0.2) is 0 Å². The molecule has 0 unspecified atom stereocenters. The standard InChI is InChI=1S/C16H13IN2O5S/c1-3-4-24-14-10(17)5-9(6-11(14)23-2)7-12-15(21)19(8-13(18)20)16(22)25-12/h1,5-7H,4,8H2,2H3,(H2,18,20)/b12-7-. The van der Waals surface area contributed by atoms with Gasteiger partial charge in [-0.3, -0.25) is 19.3 Å². The second kappa shape index (κ2) is 8.26. The molecule has 9 heteroatoms. The summed E-state index contributed by atoms with van der Waals surface area (Å²) in [5.74, 6) is 2.01. The van der Waals surface area contributed by atoms with E-state index in [4.69, 9.17) is 21.6 Å². The topological polar surface area (TPSA) is 98.9 Å². The van der Waals surface area contributed by atoms with Crippen LogP contribution in [0.1, 0.15) is 5.56 Å². The van der Waals surface area contributed by atoms with Gasteiger partial charge in [0.05, 0.1) is 15.6 Å². The monoisotopic (exact) mass is 472 g/mol. The summed E-state index contributed by atoms with van der Waals surface area (Å²) in [6.45, 7) is -0.348. The number of ether oxygens (including phenoxy) is 2. The zero-order valence-electron chi connectivity index (χ0n) is 13.1. The molecular weight excluding hydrogens is 459 g/mol. The molecule has 0 radical (unpaired) electrons. The number of primary amides is 1. The van der Waals surface area contributed by atoms with Crippen molar-refractivity contribution in [3.8, 4) is 23.8 Å². The Morgan fingerprint density at radius 1 is 1.48 bits per heavy atom. The van der Waals surface area contributed by atoms with Crippen LogP contribution in [0.4, 0.5) is 4.79 Å². The van der Waals surface area contributed by atoms with Crippen molar-refractivity contribution in [2.45, 2.75) is 0 Å². The van der Waals surface area contributed by atoms with Gasteiger partial charge >= 0.3 is 0 Å². The number of thioether (sulfide) groups is 1. The molecule has 3 amide bonds. The number of carbonyl (C=O) groups excluding carboxylic acids is 3. The molecule has 1 aliphatic heterocycles. The Labute approximate surface area is 162 Å². The number of hydrogen-bond acceptors (Lipinski definition) is 6. The second-order valence-electron chi connectivity index (χ2n) is 4.76. The number of amides is 3. The van der Waals surface area contributed by atoms with Gasteiger partial charge in [0.15, 0.2) is 11.5 Å². The van der Waals surface area contributed by atoms with E-state index in [2.05, 4.69) is 28.5 Å². The highest BCUT2D eigenvalue weighted by Gasteiger charge is 2.35. The van der Waals surface area contributed by atoms with Crippen LogP contribution in [0.3, 0.4) is 0 Å². The van der Waals surface area contributed by atoms with E-state index in [9.17, 15) is 14.4 Å². The van der Waals surface area contributed by atoms with Gasteiger partial charge in [0.25, 0.3) is 11.1 Å². The SMILES string of the molecule is C#CCOc1c(I)cc(/C=C2\SC(=O)N(CC(N)=O)C2=O)cc1OC. The summed E-state index contributed by atoms with van der Waals surface area (Å²) in [6, 6.07) is 3.42. The second-order valence-corrected chi connectivity index (χ2v) is 6.92. The fourth-order valence-electron chi connectivity index (χ4n) is 2.02. The van der Waals surface area contributed by atoms with E-state index in [1.165, 1.54) is 7.11 Å². The number of nitrogens with two attached hydrogens (primary N) is 1. The average molecular weight is 472 g/mol. The molecule has 1 fully saturated rings. The number of rotatable bonds is 6. The van der Waals surface area contributed by atoms with Crippen LogP contribution in [-0.4, -0.2) is 42.2 Å². The molecule has 1 heterocycles. The fourth-order valence-corrected chi connectivity index (χ4v) is 3.64. The summed E-state index contributed by atoms with van der Waals surface area (Å²) in [6.07, 6.45) is 6.74. The van der Waals surface area contributed by atoms with Gasteiger partial charge in [-0.05, 0) is 58.1 Å². The van der Waals surface area contributed by atoms with Gasteiger partial charge < -0.3 is 15.2 Å². The summed E-state index contributed by atoms with van der Waals surface area (Å²) in [5, 5.41) is -0.536. The maximum absolute atomic E-state index is 12.2. The molecule has 0 saturated carbocycles. The van der Waals surface area contributed by atoms with Crippen molar-refractivity contribution in [1.82, 2.24) is 4.90 Å². The molecule has 0 bridgehead atoms. The number of terminal acetylenes is 1. The Balaban J connectivity index is 2.34. The van der Waals surface area contributed by atoms with Crippen molar-refractivity contribution < 1.29 is 23.9 Å². The first-order valence-corrected chi connectivity index (χ1v) is 8.74. The molecule has 130 valence electrons. The Kier molecular flexibility index (Phi) is 6.33. The average Bonchev–Trinajstić information content (AvgIpc) is 2.80. The summed E-state index contributed by atoms with van der Waals surface area (Å²) in [7, 11) is 1.48. The summed E-state index contributed by atoms with van der Waals surface area (Å²) in [5.41, 5.74) is 5.69. The van der Waals surface area contributed by atoms with Gasteiger partial charge in [0.2, 0.25) is 5.91 Å². The zero-order chi connectivity index (χ0) is 18.6. The third-order valence-electron chi connectivity index (χ3n) is 3.04. The lowest BCUT2D eigenvalue weighted by atomic mass is 10.2. The van der Waals surface area contributed by atoms with Crippen LogP contribution >= 0.6 is 34.4 Å². The third-order valence-corrected chi connectivity index (χ3v) is 4.75. The van der Waals surface area contributed by atoms with E-state index in [0.717, 1.165) is 20.2 Å². The van der Waals surface area contributed by atoms with E-state index in [1.54, 1.807) is 18.2 Å². The number of carbonyl (C=O) groups is 3. The minimum absolute atomic E-state index is 0.0950. The smallest absolute Gasteiger partial charge is 0.294 e. The quantitative estimate of drug-likeness (QED) is 0.386. The van der Waals surface area contributed by atoms with E-state index < -0.39 is 23.6 Å². The number of imide groups is 1. The largest absolute Gasteiger partial charge is 0.493 e. The van der Waals surface area contributed by atoms with E-state index >= 15 is 0 Å². The molecule has 2 N–H and O–H groups in total. The first-order chi connectivity index (χ1) is 11.9. The predicted molar refractivity (Wildman–Crippen MR) is 102 cm³/mol. The fraction of sp³-hybridized carbons (Fsp3) is 0.188. The first kappa shape index (κ1) is 19.1. The van der Waals surface area contributed by atoms with Crippen LogP contribution in [0.25, 0.3) is 6.08 Å². The van der Waals surface area contributed by atoms with Crippen LogP contribution < -0.4 is 15.2 Å². The van der Waals surface area contributed by atoms with E-state index in [-0.39, 0.29) is 11.5 Å². The highest BCUT2D eigenvalue weighted by Crippen LogP contribution is 2.37. The Morgan fingerprint density at radius 2 is 2.20 bits per heavy atom. The lowest BCUT2D eigenvalue weighted by molar-refractivity contribution is -0.127. The molecule has 1 aliphatic rings. The lowest BCUT2D eigenvalue weighted by Gasteiger charge is -2.12. The first-order valence-electron chi connectivity index (χ1n) is 6.84. The number of nitrogens with zero attached hydrogens (tertiary/aromatic N) is 1. The van der Waals surface area contributed by atoms with Crippen molar-refractivity contribution in [2.24, 2.45) is 5.73 Å². The number of methoxy groups -OCH3 is 1. The third kappa shape index (κ3) is 4.46. The van der Waals surface area contributed by atoms with Gasteiger partial charge in [-0.15, -0.1) is 6.42 Å². The van der Waals surface area contributed by atoms with Crippen LogP contribution in [0.2, 0.25) is 0 Å². The van der Waals surface area contributed by atoms with E-state index in [1.807, 2.05) is 0 Å². The Morgan fingerprint density at radius 3 is 2.80 bits per heavy atom. The van der Waals surface area contributed by atoms with Gasteiger partial charge in [0.1, 0.15) is 13.2 Å². The maximum Gasteiger partial charge on any atom is 0.294 e.